The highest BCUT2D eigenvalue weighted by Gasteiger charge is 2.36. The van der Waals surface area contributed by atoms with Gasteiger partial charge < -0.3 is 15.4 Å². The van der Waals surface area contributed by atoms with Crippen molar-refractivity contribution in [2.75, 3.05) is 0 Å². The van der Waals surface area contributed by atoms with Gasteiger partial charge in [-0.1, -0.05) is 12.1 Å². The molecule has 3 N–H and O–H groups in total. The first-order valence-electron chi connectivity index (χ1n) is 8.47. The zero-order valence-corrected chi connectivity index (χ0v) is 13.9. The van der Waals surface area contributed by atoms with Crippen LogP contribution in [0.25, 0.3) is 11.0 Å². The molecule has 0 saturated heterocycles. The molecule has 2 heterocycles. The predicted molar refractivity (Wildman–Crippen MR) is 94.0 cm³/mol. The second kappa shape index (κ2) is 6.29. The van der Waals surface area contributed by atoms with E-state index in [1.54, 1.807) is 12.3 Å². The van der Waals surface area contributed by atoms with E-state index in [0.29, 0.717) is 23.9 Å². The Hall–Kier alpha value is -2.73. The monoisotopic (exact) mass is 336 g/mol. The number of aliphatic hydroxyl groups excluding tert-OH is 1. The summed E-state index contributed by atoms with van der Waals surface area (Å²) in [6.45, 7) is 1.87. The molecule has 0 radical (unpaired) electrons. The number of pyridine rings is 1. The molecule has 0 bridgehead atoms. The van der Waals surface area contributed by atoms with E-state index < -0.39 is 0 Å². The van der Waals surface area contributed by atoms with Crippen LogP contribution in [-0.4, -0.2) is 32.1 Å². The number of fused-ring (bicyclic) bond motifs is 1. The van der Waals surface area contributed by atoms with Crippen LogP contribution in [0.3, 0.4) is 0 Å². The molecule has 1 aromatic carbocycles. The topological polar surface area (TPSA) is 90.9 Å². The lowest BCUT2D eigenvalue weighted by Gasteiger charge is -2.37. The van der Waals surface area contributed by atoms with E-state index in [1.165, 1.54) is 0 Å². The summed E-state index contributed by atoms with van der Waals surface area (Å²) < 4.78 is 0. The van der Waals surface area contributed by atoms with E-state index in [0.717, 1.165) is 17.0 Å². The summed E-state index contributed by atoms with van der Waals surface area (Å²) in [5.41, 5.74) is 2.88. The molecule has 0 aliphatic heterocycles. The number of nitrogens with one attached hydrogen (secondary N) is 2. The fourth-order valence-corrected chi connectivity index (χ4v) is 3.45. The summed E-state index contributed by atoms with van der Waals surface area (Å²) in [7, 11) is 0. The van der Waals surface area contributed by atoms with Crippen LogP contribution in [0.4, 0.5) is 0 Å². The summed E-state index contributed by atoms with van der Waals surface area (Å²) in [5, 5.41) is 12.8. The van der Waals surface area contributed by atoms with Crippen molar-refractivity contribution in [1.29, 1.82) is 0 Å². The number of H-pyrrole nitrogens is 1. The van der Waals surface area contributed by atoms with Gasteiger partial charge in [0.2, 0.25) is 0 Å². The standard InChI is InChI=1S/C19H20N4O2/c1-11-21-16-7-4-5-14(18(16)22-11)19(25)23-17(12-9-13(24)10-12)15-6-2-3-8-20-15/h2-8,12-13,17,24H,9-10H2,1H3,(H,21,22)(H,23,25)/t12?,13?,17-/m0/s1. The minimum absolute atomic E-state index is 0.172. The maximum Gasteiger partial charge on any atom is 0.254 e. The zero-order chi connectivity index (χ0) is 17.4. The number of aromatic nitrogens is 3. The first-order valence-corrected chi connectivity index (χ1v) is 8.47. The Balaban J connectivity index is 1.64. The SMILES string of the molecule is Cc1nc2c(C(=O)N[C@H](c3ccccn3)C3CC(O)C3)cccc2[nH]1. The Morgan fingerprint density at radius 1 is 1.28 bits per heavy atom. The quantitative estimate of drug-likeness (QED) is 0.683. The van der Waals surface area contributed by atoms with Gasteiger partial charge in [0.05, 0.1) is 28.9 Å². The molecule has 6 nitrogen and oxygen atoms in total. The average molecular weight is 336 g/mol. The Kier molecular flexibility index (Phi) is 3.97. The van der Waals surface area contributed by atoms with E-state index in [2.05, 4.69) is 20.3 Å². The Morgan fingerprint density at radius 3 is 2.84 bits per heavy atom. The van der Waals surface area contributed by atoms with Gasteiger partial charge in [-0.25, -0.2) is 4.98 Å². The lowest BCUT2D eigenvalue weighted by Crippen LogP contribution is -2.41. The van der Waals surface area contributed by atoms with E-state index in [4.69, 9.17) is 0 Å². The third-order valence-corrected chi connectivity index (χ3v) is 4.79. The van der Waals surface area contributed by atoms with Gasteiger partial charge in [-0.3, -0.25) is 9.78 Å². The smallest absolute Gasteiger partial charge is 0.254 e. The molecule has 128 valence electrons. The first-order chi connectivity index (χ1) is 12.1. The van der Waals surface area contributed by atoms with Crippen molar-refractivity contribution in [3.05, 3.63) is 59.7 Å². The van der Waals surface area contributed by atoms with Gasteiger partial charge in [-0.15, -0.1) is 0 Å². The molecule has 1 fully saturated rings. The van der Waals surface area contributed by atoms with Crippen molar-refractivity contribution in [2.24, 2.45) is 5.92 Å². The number of carbonyl (C=O) groups excluding carboxylic acids is 1. The number of hydrogen-bond donors (Lipinski definition) is 3. The minimum Gasteiger partial charge on any atom is -0.393 e. The zero-order valence-electron chi connectivity index (χ0n) is 13.9. The molecule has 2 aromatic heterocycles. The van der Waals surface area contributed by atoms with Gasteiger partial charge >= 0.3 is 0 Å². The van der Waals surface area contributed by atoms with Crippen LogP contribution in [0, 0.1) is 12.8 Å². The molecule has 25 heavy (non-hydrogen) atoms. The number of aryl methyl sites for hydroxylation is 1. The maximum atomic E-state index is 12.9. The molecule has 0 unspecified atom stereocenters. The summed E-state index contributed by atoms with van der Waals surface area (Å²) in [4.78, 5) is 24.9. The van der Waals surface area contributed by atoms with Crippen molar-refractivity contribution in [1.82, 2.24) is 20.3 Å². The van der Waals surface area contributed by atoms with Crippen molar-refractivity contribution < 1.29 is 9.90 Å². The van der Waals surface area contributed by atoms with Crippen LogP contribution in [0.1, 0.15) is 40.8 Å². The molecule has 1 aliphatic rings. The Bertz CT molecular complexity index is 900. The number of benzene rings is 1. The minimum atomic E-state index is -0.287. The van der Waals surface area contributed by atoms with E-state index in [-0.39, 0.29) is 24.0 Å². The number of amides is 1. The number of aliphatic hydroxyl groups is 1. The molecule has 0 spiro atoms. The lowest BCUT2D eigenvalue weighted by atomic mass is 9.76. The maximum absolute atomic E-state index is 12.9. The summed E-state index contributed by atoms with van der Waals surface area (Å²) in [6, 6.07) is 11.0. The molecule has 6 heteroatoms. The van der Waals surface area contributed by atoms with Crippen LogP contribution in [0.5, 0.6) is 0 Å². The number of rotatable bonds is 4. The molecule has 1 atom stereocenters. The van der Waals surface area contributed by atoms with E-state index in [9.17, 15) is 9.90 Å². The van der Waals surface area contributed by atoms with Crippen LogP contribution in [-0.2, 0) is 0 Å². The lowest BCUT2D eigenvalue weighted by molar-refractivity contribution is 0.0228. The van der Waals surface area contributed by atoms with Gasteiger partial charge in [-0.2, -0.15) is 0 Å². The number of aromatic amines is 1. The van der Waals surface area contributed by atoms with Gasteiger partial charge in [-0.05, 0) is 49.9 Å². The molecule has 1 amide bonds. The van der Waals surface area contributed by atoms with Crippen LogP contribution in [0.2, 0.25) is 0 Å². The Labute approximate surface area is 145 Å². The van der Waals surface area contributed by atoms with Gasteiger partial charge in [0.25, 0.3) is 5.91 Å². The fourth-order valence-electron chi connectivity index (χ4n) is 3.45. The van der Waals surface area contributed by atoms with Crippen LogP contribution >= 0.6 is 0 Å². The normalized spacial score (nSPS) is 20.9. The van der Waals surface area contributed by atoms with Crippen molar-refractivity contribution in [3.63, 3.8) is 0 Å². The summed E-state index contributed by atoms with van der Waals surface area (Å²) in [5.74, 6) is 0.793. The summed E-state index contributed by atoms with van der Waals surface area (Å²) in [6.07, 6.45) is 2.78. The first kappa shape index (κ1) is 15.8. The van der Waals surface area contributed by atoms with Crippen molar-refractivity contribution >= 4 is 16.9 Å². The fraction of sp³-hybridized carbons (Fsp3) is 0.316. The third-order valence-electron chi connectivity index (χ3n) is 4.79. The van der Waals surface area contributed by atoms with Crippen molar-refractivity contribution in [2.45, 2.75) is 31.9 Å². The highest BCUT2D eigenvalue weighted by Crippen LogP contribution is 2.37. The predicted octanol–water partition coefficient (Wildman–Crippen LogP) is 2.51. The number of para-hydroxylation sites is 1. The number of carbonyl (C=O) groups is 1. The van der Waals surface area contributed by atoms with Gasteiger partial charge in [0.1, 0.15) is 11.3 Å². The molecule has 1 aliphatic carbocycles. The summed E-state index contributed by atoms with van der Waals surface area (Å²) >= 11 is 0. The molecule has 4 rings (SSSR count). The van der Waals surface area contributed by atoms with E-state index in [1.807, 2.05) is 37.3 Å². The third kappa shape index (κ3) is 3.00. The second-order valence-corrected chi connectivity index (χ2v) is 6.61. The van der Waals surface area contributed by atoms with Crippen LogP contribution < -0.4 is 5.32 Å². The van der Waals surface area contributed by atoms with Gasteiger partial charge in [0, 0.05) is 6.20 Å². The van der Waals surface area contributed by atoms with Crippen molar-refractivity contribution in [3.8, 4) is 0 Å². The average Bonchev–Trinajstić information content (AvgIpc) is 2.98. The van der Waals surface area contributed by atoms with E-state index >= 15 is 0 Å². The molecular weight excluding hydrogens is 316 g/mol. The number of hydrogen-bond acceptors (Lipinski definition) is 4. The molecule has 1 saturated carbocycles. The number of nitrogens with zero attached hydrogens (tertiary/aromatic N) is 2. The number of imidazole rings is 1. The van der Waals surface area contributed by atoms with Gasteiger partial charge in [0.15, 0.2) is 0 Å². The Morgan fingerprint density at radius 2 is 2.12 bits per heavy atom. The largest absolute Gasteiger partial charge is 0.393 e. The molecular formula is C19H20N4O2. The highest BCUT2D eigenvalue weighted by atomic mass is 16.3. The second-order valence-electron chi connectivity index (χ2n) is 6.61. The van der Waals surface area contributed by atoms with Crippen LogP contribution in [0.15, 0.2) is 42.6 Å². The highest BCUT2D eigenvalue weighted by molar-refractivity contribution is 6.05. The molecule has 3 aromatic rings.